The molecule has 2 heterocycles. The average molecular weight is 308 g/mol. The van der Waals surface area contributed by atoms with Gasteiger partial charge in [-0.2, -0.15) is 0 Å². The maximum absolute atomic E-state index is 11.9. The zero-order chi connectivity index (χ0) is 16.1. The highest BCUT2D eigenvalue weighted by Gasteiger charge is 2.31. The van der Waals surface area contributed by atoms with Crippen LogP contribution in [0.4, 0.5) is 0 Å². The number of esters is 3. The Balaban J connectivity index is 1.75. The topological polar surface area (TPSA) is 78.9 Å². The van der Waals surface area contributed by atoms with Gasteiger partial charge in [-0.1, -0.05) is 18.7 Å². The lowest BCUT2D eigenvalue weighted by atomic mass is 10.1. The molecule has 0 saturated heterocycles. The lowest BCUT2D eigenvalue weighted by Crippen LogP contribution is -1.99. The molecule has 4 rings (SSSR count). The van der Waals surface area contributed by atoms with Crippen molar-refractivity contribution in [3.05, 3.63) is 65.2 Å². The second kappa shape index (κ2) is 4.54. The zero-order valence-electron chi connectivity index (χ0n) is 11.6. The van der Waals surface area contributed by atoms with Crippen molar-refractivity contribution in [3.63, 3.8) is 0 Å². The standard InChI is InChI=1S/C17H8O6/c1-8-10-3-2-4-13(14(10)17(20)21-8)22-9-5-6-11-12(7-9)16(19)23-15(11)18/h2-7H,1H2. The Hall–Kier alpha value is -3.41. The summed E-state index contributed by atoms with van der Waals surface area (Å²) in [7, 11) is 0. The number of ether oxygens (including phenoxy) is 3. The summed E-state index contributed by atoms with van der Waals surface area (Å²) in [5.74, 6) is -1.11. The number of benzene rings is 2. The molecule has 0 atom stereocenters. The van der Waals surface area contributed by atoms with Crippen LogP contribution in [0.3, 0.4) is 0 Å². The molecule has 6 nitrogen and oxygen atoms in total. The van der Waals surface area contributed by atoms with E-state index in [1.54, 1.807) is 18.2 Å². The summed E-state index contributed by atoms with van der Waals surface area (Å²) >= 11 is 0. The van der Waals surface area contributed by atoms with Gasteiger partial charge in [-0.05, 0) is 24.3 Å². The molecule has 2 aromatic rings. The molecule has 2 aliphatic heterocycles. The third-order valence-electron chi connectivity index (χ3n) is 3.59. The molecule has 0 unspecified atom stereocenters. The quantitative estimate of drug-likeness (QED) is 0.627. The van der Waals surface area contributed by atoms with Crippen molar-refractivity contribution >= 4 is 23.7 Å². The summed E-state index contributed by atoms with van der Waals surface area (Å²) in [5.41, 5.74) is 1.15. The molecule has 23 heavy (non-hydrogen) atoms. The first-order chi connectivity index (χ1) is 11.0. The van der Waals surface area contributed by atoms with E-state index in [0.29, 0.717) is 11.3 Å². The van der Waals surface area contributed by atoms with Gasteiger partial charge in [-0.15, -0.1) is 0 Å². The van der Waals surface area contributed by atoms with Gasteiger partial charge in [-0.25, -0.2) is 14.4 Å². The normalized spacial score (nSPS) is 15.1. The van der Waals surface area contributed by atoms with Crippen LogP contribution in [-0.4, -0.2) is 17.9 Å². The molecule has 0 N–H and O–H groups in total. The molecule has 2 aromatic carbocycles. The minimum absolute atomic E-state index is 0.132. The maximum Gasteiger partial charge on any atom is 0.348 e. The highest BCUT2D eigenvalue weighted by molar-refractivity contribution is 6.14. The van der Waals surface area contributed by atoms with Crippen molar-refractivity contribution in [1.29, 1.82) is 0 Å². The van der Waals surface area contributed by atoms with E-state index in [1.165, 1.54) is 18.2 Å². The first-order valence-electron chi connectivity index (χ1n) is 6.67. The first-order valence-corrected chi connectivity index (χ1v) is 6.67. The highest BCUT2D eigenvalue weighted by Crippen LogP contribution is 2.37. The van der Waals surface area contributed by atoms with Gasteiger partial charge >= 0.3 is 17.9 Å². The van der Waals surface area contributed by atoms with Crippen LogP contribution in [-0.2, 0) is 9.47 Å². The Morgan fingerprint density at radius 3 is 2.43 bits per heavy atom. The van der Waals surface area contributed by atoms with E-state index in [4.69, 9.17) is 9.47 Å². The van der Waals surface area contributed by atoms with Crippen LogP contribution in [0.5, 0.6) is 11.5 Å². The van der Waals surface area contributed by atoms with Crippen LogP contribution in [0.2, 0.25) is 0 Å². The summed E-state index contributed by atoms with van der Waals surface area (Å²) in [5, 5.41) is 0. The van der Waals surface area contributed by atoms with Gasteiger partial charge in [0.25, 0.3) is 0 Å². The van der Waals surface area contributed by atoms with Crippen molar-refractivity contribution < 1.29 is 28.6 Å². The van der Waals surface area contributed by atoms with Crippen LogP contribution in [0, 0.1) is 0 Å². The van der Waals surface area contributed by atoms with Gasteiger partial charge in [0, 0.05) is 5.56 Å². The average Bonchev–Trinajstić information content (AvgIpc) is 2.97. The van der Waals surface area contributed by atoms with E-state index >= 15 is 0 Å². The SMILES string of the molecule is C=C1OC(=O)c2c(Oc3ccc4c(c3)C(=O)OC4=O)cccc21. The Bertz CT molecular complexity index is 925. The highest BCUT2D eigenvalue weighted by atomic mass is 16.6. The van der Waals surface area contributed by atoms with Crippen molar-refractivity contribution in [2.75, 3.05) is 0 Å². The molecule has 0 aromatic heterocycles. The van der Waals surface area contributed by atoms with Gasteiger partial charge in [0.15, 0.2) is 0 Å². The van der Waals surface area contributed by atoms with E-state index in [0.717, 1.165) is 0 Å². The van der Waals surface area contributed by atoms with Crippen LogP contribution < -0.4 is 4.74 Å². The molecule has 0 aliphatic carbocycles. The van der Waals surface area contributed by atoms with Crippen LogP contribution >= 0.6 is 0 Å². The summed E-state index contributed by atoms with van der Waals surface area (Å²) in [6, 6.07) is 9.37. The number of carbonyl (C=O) groups is 3. The van der Waals surface area contributed by atoms with Crippen molar-refractivity contribution in [2.45, 2.75) is 0 Å². The predicted octanol–water partition coefficient (Wildman–Crippen LogP) is 2.93. The molecule has 0 spiro atoms. The van der Waals surface area contributed by atoms with Crippen molar-refractivity contribution in [3.8, 4) is 11.5 Å². The molecular formula is C17H8O6. The Morgan fingerprint density at radius 1 is 0.826 bits per heavy atom. The first kappa shape index (κ1) is 13.3. The lowest BCUT2D eigenvalue weighted by Gasteiger charge is -2.08. The molecule has 0 saturated carbocycles. The predicted molar refractivity (Wildman–Crippen MR) is 77.2 cm³/mol. The van der Waals surface area contributed by atoms with E-state index < -0.39 is 17.9 Å². The fraction of sp³-hybridized carbons (Fsp3) is 0. The molecule has 112 valence electrons. The van der Waals surface area contributed by atoms with Gasteiger partial charge in [-0.3, -0.25) is 0 Å². The Kier molecular flexibility index (Phi) is 2.62. The van der Waals surface area contributed by atoms with Crippen molar-refractivity contribution in [1.82, 2.24) is 0 Å². The summed E-state index contributed by atoms with van der Waals surface area (Å²) in [4.78, 5) is 34.9. The molecule has 6 heteroatoms. The molecule has 2 aliphatic rings. The number of carbonyl (C=O) groups excluding carboxylic acids is 3. The third-order valence-corrected chi connectivity index (χ3v) is 3.59. The van der Waals surface area contributed by atoms with Crippen molar-refractivity contribution in [2.24, 2.45) is 0 Å². The second-order valence-corrected chi connectivity index (χ2v) is 4.98. The lowest BCUT2D eigenvalue weighted by molar-refractivity contribution is 0.0443. The molecular weight excluding hydrogens is 300 g/mol. The van der Waals surface area contributed by atoms with E-state index in [9.17, 15) is 14.4 Å². The summed E-state index contributed by atoms with van der Waals surface area (Å²) in [6.07, 6.45) is 0. The fourth-order valence-corrected chi connectivity index (χ4v) is 2.53. The number of fused-ring (bicyclic) bond motifs is 2. The summed E-state index contributed by atoms with van der Waals surface area (Å²) < 4.78 is 15.2. The summed E-state index contributed by atoms with van der Waals surface area (Å²) in [6.45, 7) is 3.66. The maximum atomic E-state index is 11.9. The van der Waals surface area contributed by atoms with Crippen LogP contribution in [0.15, 0.2) is 43.0 Å². The van der Waals surface area contributed by atoms with E-state index in [1.807, 2.05) is 0 Å². The van der Waals surface area contributed by atoms with E-state index in [2.05, 4.69) is 11.3 Å². The molecule has 0 amide bonds. The largest absolute Gasteiger partial charge is 0.456 e. The van der Waals surface area contributed by atoms with Crippen LogP contribution in [0.1, 0.15) is 36.6 Å². The molecule has 0 bridgehead atoms. The van der Waals surface area contributed by atoms with Gasteiger partial charge < -0.3 is 14.2 Å². The number of hydrogen-bond donors (Lipinski definition) is 0. The second-order valence-electron chi connectivity index (χ2n) is 4.98. The zero-order valence-corrected chi connectivity index (χ0v) is 11.6. The van der Waals surface area contributed by atoms with E-state index in [-0.39, 0.29) is 28.2 Å². The minimum atomic E-state index is -0.721. The minimum Gasteiger partial charge on any atom is -0.456 e. The van der Waals surface area contributed by atoms with Gasteiger partial charge in [0.1, 0.15) is 22.8 Å². The monoisotopic (exact) mass is 308 g/mol. The van der Waals surface area contributed by atoms with Gasteiger partial charge in [0.05, 0.1) is 11.1 Å². The number of rotatable bonds is 2. The smallest absolute Gasteiger partial charge is 0.348 e. The number of hydrogen-bond acceptors (Lipinski definition) is 6. The fourth-order valence-electron chi connectivity index (χ4n) is 2.53. The third kappa shape index (κ3) is 1.92. The number of cyclic esters (lactones) is 3. The van der Waals surface area contributed by atoms with Gasteiger partial charge in [0.2, 0.25) is 0 Å². The Labute approximate surface area is 129 Å². The van der Waals surface area contributed by atoms with Crippen LogP contribution in [0.25, 0.3) is 5.76 Å². The Morgan fingerprint density at radius 2 is 1.61 bits per heavy atom. The molecule has 0 radical (unpaired) electrons. The molecule has 0 fully saturated rings.